The highest BCUT2D eigenvalue weighted by molar-refractivity contribution is 6.24. The van der Waals surface area contributed by atoms with Crippen LogP contribution < -0.4 is 0 Å². The smallest absolute Gasteiger partial charge is 0.339 e. The maximum atomic E-state index is 12.9. The molecule has 0 spiro atoms. The zero-order valence-corrected chi connectivity index (χ0v) is 19.8. The number of esters is 6. The number of aliphatic hydroxyl groups is 1. The highest BCUT2D eigenvalue weighted by atomic mass is 16.6. The van der Waals surface area contributed by atoms with Gasteiger partial charge in [0.15, 0.2) is 0 Å². The normalized spacial score (nSPS) is 13.4. The van der Waals surface area contributed by atoms with Crippen LogP contribution in [0.1, 0.15) is 0 Å². The molecule has 1 aliphatic rings. The molecule has 0 aliphatic heterocycles. The summed E-state index contributed by atoms with van der Waals surface area (Å²) in [6, 6.07) is 0. The van der Waals surface area contributed by atoms with E-state index < -0.39 is 80.8 Å². The van der Waals surface area contributed by atoms with Crippen LogP contribution in [0.25, 0.3) is 0 Å². The first-order valence-corrected chi connectivity index (χ1v) is 9.23. The number of methoxy groups -OCH3 is 7. The molecule has 0 aromatic heterocycles. The number of ether oxygens (including phenoxy) is 7. The van der Waals surface area contributed by atoms with Gasteiger partial charge in [-0.25, -0.2) is 28.8 Å². The summed E-state index contributed by atoms with van der Waals surface area (Å²) in [6.45, 7) is 0. The molecule has 35 heavy (non-hydrogen) atoms. The third-order valence-electron chi connectivity index (χ3n) is 4.49. The molecule has 0 atom stereocenters. The molecule has 0 bridgehead atoms. The predicted octanol–water partition coefficient (Wildman–Crippen LogP) is -0.656. The van der Waals surface area contributed by atoms with E-state index in [1.165, 1.54) is 0 Å². The van der Waals surface area contributed by atoms with Crippen molar-refractivity contribution in [1.82, 2.24) is 0 Å². The van der Waals surface area contributed by atoms with Gasteiger partial charge in [0.05, 0.1) is 88.8 Å². The van der Waals surface area contributed by atoms with Crippen molar-refractivity contribution in [3.05, 3.63) is 45.0 Å². The standard InChI is InChI=1S/C21H22O14/c1-29-15(22)8-9(16(23)30-2)11(18(25)32-4)13(20(27)34-6)14(21(28)35-7)12(19(26)33-5)10(8)17(24)31-3/h22H,1-7H3. The van der Waals surface area contributed by atoms with Gasteiger partial charge in [0.2, 0.25) is 0 Å². The summed E-state index contributed by atoms with van der Waals surface area (Å²) in [5, 5.41) is 10.6. The largest absolute Gasteiger partial charge is 0.481 e. The van der Waals surface area contributed by atoms with Crippen molar-refractivity contribution in [1.29, 1.82) is 0 Å². The van der Waals surface area contributed by atoms with Crippen LogP contribution >= 0.6 is 0 Å². The Kier molecular flexibility index (Phi) is 9.75. The summed E-state index contributed by atoms with van der Waals surface area (Å²) >= 11 is 0. The summed E-state index contributed by atoms with van der Waals surface area (Å²) in [6.07, 6.45) is 0. The van der Waals surface area contributed by atoms with E-state index in [2.05, 4.69) is 28.4 Å². The Morgan fingerprint density at radius 3 is 0.800 bits per heavy atom. The second kappa shape index (κ2) is 12.0. The summed E-state index contributed by atoms with van der Waals surface area (Å²) in [5.74, 6) is -9.85. The van der Waals surface area contributed by atoms with Crippen LogP contribution in [0, 0.1) is 0 Å². The lowest BCUT2D eigenvalue weighted by atomic mass is 9.91. The van der Waals surface area contributed by atoms with E-state index in [0.717, 1.165) is 49.8 Å². The van der Waals surface area contributed by atoms with Crippen molar-refractivity contribution in [3.63, 3.8) is 0 Å². The van der Waals surface area contributed by atoms with Gasteiger partial charge in [0.1, 0.15) is 0 Å². The molecule has 0 radical (unpaired) electrons. The molecule has 0 aromatic carbocycles. The van der Waals surface area contributed by atoms with Crippen LogP contribution in [-0.4, -0.2) is 90.7 Å². The second-order valence-corrected chi connectivity index (χ2v) is 6.08. The highest BCUT2D eigenvalue weighted by Crippen LogP contribution is 2.41. The molecule has 0 saturated carbocycles. The third kappa shape index (κ3) is 5.15. The minimum atomic E-state index is -1.45. The molecule has 1 N–H and O–H groups in total. The van der Waals surface area contributed by atoms with E-state index in [-0.39, 0.29) is 0 Å². The maximum Gasteiger partial charge on any atom is 0.339 e. The molecule has 0 heterocycles. The monoisotopic (exact) mass is 498 g/mol. The molecular weight excluding hydrogens is 476 g/mol. The summed E-state index contributed by atoms with van der Waals surface area (Å²) < 4.78 is 32.8. The molecule has 14 nitrogen and oxygen atoms in total. The lowest BCUT2D eigenvalue weighted by Gasteiger charge is -2.17. The first-order chi connectivity index (χ1) is 16.5. The third-order valence-corrected chi connectivity index (χ3v) is 4.49. The van der Waals surface area contributed by atoms with Crippen LogP contribution in [0.4, 0.5) is 0 Å². The van der Waals surface area contributed by atoms with E-state index in [4.69, 9.17) is 4.74 Å². The molecule has 190 valence electrons. The first-order valence-electron chi connectivity index (χ1n) is 9.23. The lowest BCUT2D eigenvalue weighted by molar-refractivity contribution is -0.142. The number of rotatable bonds is 7. The predicted molar refractivity (Wildman–Crippen MR) is 110 cm³/mol. The highest BCUT2D eigenvalue weighted by Gasteiger charge is 2.47. The van der Waals surface area contributed by atoms with Gasteiger partial charge in [-0.2, -0.15) is 0 Å². The number of aliphatic hydroxyl groups excluding tert-OH is 1. The zero-order valence-electron chi connectivity index (χ0n) is 19.8. The van der Waals surface area contributed by atoms with Crippen molar-refractivity contribution < 1.29 is 67.0 Å². The lowest BCUT2D eigenvalue weighted by Crippen LogP contribution is -2.25. The van der Waals surface area contributed by atoms with E-state index in [1.807, 2.05) is 0 Å². The van der Waals surface area contributed by atoms with Crippen LogP contribution in [0.2, 0.25) is 0 Å². The van der Waals surface area contributed by atoms with Gasteiger partial charge in [-0.05, 0) is 0 Å². The van der Waals surface area contributed by atoms with Gasteiger partial charge in [-0.3, -0.25) is 0 Å². The van der Waals surface area contributed by atoms with Crippen molar-refractivity contribution in [2.24, 2.45) is 0 Å². The molecule has 0 unspecified atom stereocenters. The van der Waals surface area contributed by atoms with Gasteiger partial charge in [-0.15, -0.1) is 0 Å². The SMILES string of the molecule is COC(=O)C1=C(C(=O)OC)C(C(=O)OC)=C(C(=O)OC)C(C(=O)OC)=C(C(=O)OC)C1=C(O)OC. The first kappa shape index (κ1) is 28.4. The molecule has 1 aliphatic carbocycles. The Labute approximate surface area is 198 Å². The zero-order chi connectivity index (χ0) is 27.0. The Morgan fingerprint density at radius 1 is 0.400 bits per heavy atom. The summed E-state index contributed by atoms with van der Waals surface area (Å²) in [7, 11) is 6.06. The number of carbonyl (C=O) groups is 6. The molecule has 1 rings (SSSR count). The van der Waals surface area contributed by atoms with E-state index in [9.17, 15) is 33.9 Å². The number of hydrogen-bond donors (Lipinski definition) is 1. The van der Waals surface area contributed by atoms with Crippen molar-refractivity contribution in [2.75, 3.05) is 49.8 Å². The fourth-order valence-electron chi connectivity index (χ4n) is 3.03. The Balaban J connectivity index is 4.90. The average Bonchev–Trinajstić information content (AvgIpc) is 3.02. The van der Waals surface area contributed by atoms with Crippen molar-refractivity contribution in [3.8, 4) is 0 Å². The van der Waals surface area contributed by atoms with Gasteiger partial charge in [0, 0.05) is 0 Å². The number of carbonyl (C=O) groups excluding carboxylic acids is 6. The van der Waals surface area contributed by atoms with Crippen LogP contribution in [0.15, 0.2) is 45.0 Å². The second-order valence-electron chi connectivity index (χ2n) is 6.08. The molecule has 0 fully saturated rings. The van der Waals surface area contributed by atoms with Crippen LogP contribution in [0.5, 0.6) is 0 Å². The van der Waals surface area contributed by atoms with E-state index >= 15 is 0 Å². The topological polar surface area (TPSA) is 187 Å². The van der Waals surface area contributed by atoms with Gasteiger partial charge >= 0.3 is 35.8 Å². The average molecular weight is 498 g/mol. The Bertz CT molecular complexity index is 1020. The fourth-order valence-corrected chi connectivity index (χ4v) is 3.03. The van der Waals surface area contributed by atoms with Gasteiger partial charge in [0.25, 0.3) is 5.95 Å². The minimum Gasteiger partial charge on any atom is -0.481 e. The quantitative estimate of drug-likeness (QED) is 0.265. The molecule has 0 saturated heterocycles. The number of hydrogen-bond acceptors (Lipinski definition) is 14. The maximum absolute atomic E-state index is 12.9. The van der Waals surface area contributed by atoms with Crippen LogP contribution in [0.3, 0.4) is 0 Å². The van der Waals surface area contributed by atoms with Crippen molar-refractivity contribution in [2.45, 2.75) is 0 Å². The molecule has 14 heteroatoms. The Morgan fingerprint density at radius 2 is 0.600 bits per heavy atom. The fraction of sp³-hybridized carbons (Fsp3) is 0.333. The summed E-state index contributed by atoms with van der Waals surface area (Å²) in [5.41, 5.74) is -7.16. The van der Waals surface area contributed by atoms with Crippen LogP contribution in [-0.2, 0) is 61.9 Å². The Hall–Kier alpha value is -4.62. The molecule has 0 amide bonds. The van der Waals surface area contributed by atoms with Crippen molar-refractivity contribution >= 4 is 35.8 Å². The van der Waals surface area contributed by atoms with E-state index in [0.29, 0.717) is 0 Å². The minimum absolute atomic E-state index is 0.855. The van der Waals surface area contributed by atoms with Gasteiger partial charge < -0.3 is 38.3 Å². The summed E-state index contributed by atoms with van der Waals surface area (Å²) in [4.78, 5) is 77.5. The molecular formula is C21H22O14. The van der Waals surface area contributed by atoms with E-state index in [1.54, 1.807) is 0 Å². The molecule has 0 aromatic rings. The van der Waals surface area contributed by atoms with Gasteiger partial charge in [-0.1, -0.05) is 0 Å².